The van der Waals surface area contributed by atoms with Crippen LogP contribution in [-0.4, -0.2) is 24.0 Å². The number of carbonyl (C=O) groups excluding carboxylic acids is 1. The van der Waals surface area contributed by atoms with E-state index >= 15 is 0 Å². The molecule has 3 aromatic rings. The number of fused-ring (bicyclic) bond motifs is 1. The zero-order valence-electron chi connectivity index (χ0n) is 17.4. The molecule has 0 saturated heterocycles. The second-order valence-electron chi connectivity index (χ2n) is 7.20. The van der Waals surface area contributed by atoms with Crippen LogP contribution in [0.5, 0.6) is 5.75 Å². The number of benzene rings is 2. The molecule has 1 heterocycles. The highest BCUT2D eigenvalue weighted by Gasteiger charge is 2.13. The Labute approximate surface area is 173 Å². The molecule has 4 nitrogen and oxygen atoms in total. The highest BCUT2D eigenvalue weighted by Crippen LogP contribution is 2.26. The van der Waals surface area contributed by atoms with Crippen LogP contribution in [0.25, 0.3) is 22.2 Å². The van der Waals surface area contributed by atoms with Gasteiger partial charge < -0.3 is 10.1 Å². The van der Waals surface area contributed by atoms with Crippen molar-refractivity contribution in [2.45, 2.75) is 46.0 Å². The minimum absolute atomic E-state index is 0.0359. The Morgan fingerprint density at radius 3 is 2.48 bits per heavy atom. The molecular weight excluding hydrogens is 360 g/mol. The zero-order chi connectivity index (χ0) is 20.5. The largest absolute Gasteiger partial charge is 0.494 e. The number of carbonyl (C=O) groups is 1. The Hall–Kier alpha value is -2.88. The second kappa shape index (κ2) is 10.6. The predicted molar refractivity (Wildman–Crippen MR) is 119 cm³/mol. The molecule has 0 bridgehead atoms. The number of unbranched alkanes of at least 4 members (excludes halogenated alkanes) is 4. The second-order valence-corrected chi connectivity index (χ2v) is 7.20. The predicted octanol–water partition coefficient (Wildman–Crippen LogP) is 6.00. The van der Waals surface area contributed by atoms with Gasteiger partial charge in [0.05, 0.1) is 23.4 Å². The van der Waals surface area contributed by atoms with Gasteiger partial charge in [-0.25, -0.2) is 4.98 Å². The smallest absolute Gasteiger partial charge is 0.252 e. The number of nitrogens with zero attached hydrogens (tertiary/aromatic N) is 1. The summed E-state index contributed by atoms with van der Waals surface area (Å²) in [6.07, 6.45) is 5.88. The maximum absolute atomic E-state index is 12.9. The normalized spacial score (nSPS) is 10.8. The van der Waals surface area contributed by atoms with E-state index in [-0.39, 0.29) is 5.91 Å². The van der Waals surface area contributed by atoms with E-state index in [1.54, 1.807) is 0 Å². The number of ether oxygens (including phenoxy) is 1. The first-order chi connectivity index (χ1) is 14.2. The van der Waals surface area contributed by atoms with Crippen molar-refractivity contribution >= 4 is 16.8 Å². The van der Waals surface area contributed by atoms with Crippen LogP contribution < -0.4 is 10.1 Å². The van der Waals surface area contributed by atoms with Crippen molar-refractivity contribution in [3.63, 3.8) is 0 Å². The van der Waals surface area contributed by atoms with Crippen molar-refractivity contribution in [1.82, 2.24) is 10.3 Å². The lowest BCUT2D eigenvalue weighted by Crippen LogP contribution is -2.24. The van der Waals surface area contributed by atoms with Gasteiger partial charge in [-0.1, -0.05) is 50.8 Å². The van der Waals surface area contributed by atoms with Gasteiger partial charge in [-0.15, -0.1) is 0 Å². The molecule has 0 saturated carbocycles. The number of para-hydroxylation sites is 1. The van der Waals surface area contributed by atoms with E-state index in [0.717, 1.165) is 40.8 Å². The van der Waals surface area contributed by atoms with Crippen molar-refractivity contribution in [3.8, 4) is 17.0 Å². The summed E-state index contributed by atoms with van der Waals surface area (Å²) < 4.78 is 5.52. The number of pyridine rings is 1. The summed E-state index contributed by atoms with van der Waals surface area (Å²) in [4.78, 5) is 17.7. The molecule has 0 aliphatic carbocycles. The number of amides is 1. The average molecular weight is 391 g/mol. The summed E-state index contributed by atoms with van der Waals surface area (Å²) in [5, 5.41) is 3.97. The van der Waals surface area contributed by atoms with E-state index in [9.17, 15) is 4.79 Å². The van der Waals surface area contributed by atoms with Crippen LogP contribution in [0.3, 0.4) is 0 Å². The molecule has 0 fully saturated rings. The molecule has 3 rings (SSSR count). The standard InChI is InChI=1S/C25H30N2O2/c1-3-5-6-7-10-17-26-25(28)22-18-24(27-23-12-9-8-11-21(22)23)19-13-15-20(16-14-19)29-4-2/h8-9,11-16,18H,3-7,10,17H2,1-2H3,(H,26,28). The monoisotopic (exact) mass is 390 g/mol. The first-order valence-corrected chi connectivity index (χ1v) is 10.6. The SMILES string of the molecule is CCCCCCCNC(=O)c1cc(-c2ccc(OCC)cc2)nc2ccccc12. The van der Waals surface area contributed by atoms with Crippen molar-refractivity contribution in [1.29, 1.82) is 0 Å². The van der Waals surface area contributed by atoms with Crippen LogP contribution in [0, 0.1) is 0 Å². The Bertz CT molecular complexity index is 935. The molecule has 4 heteroatoms. The van der Waals surface area contributed by atoms with Crippen molar-refractivity contribution in [3.05, 3.63) is 60.2 Å². The van der Waals surface area contributed by atoms with Gasteiger partial charge in [-0.3, -0.25) is 4.79 Å². The van der Waals surface area contributed by atoms with E-state index in [0.29, 0.717) is 18.7 Å². The Kier molecular flexibility index (Phi) is 7.62. The lowest BCUT2D eigenvalue weighted by atomic mass is 10.0. The third kappa shape index (κ3) is 5.57. The number of aromatic nitrogens is 1. The molecule has 1 N–H and O–H groups in total. The van der Waals surface area contributed by atoms with Crippen LogP contribution in [0.4, 0.5) is 0 Å². The summed E-state index contributed by atoms with van der Waals surface area (Å²) in [5.41, 5.74) is 3.26. The van der Waals surface area contributed by atoms with Crippen molar-refractivity contribution < 1.29 is 9.53 Å². The van der Waals surface area contributed by atoms with Crippen molar-refractivity contribution in [2.24, 2.45) is 0 Å². The van der Waals surface area contributed by atoms with Gasteiger partial charge in [0, 0.05) is 17.5 Å². The molecule has 2 aromatic carbocycles. The number of rotatable bonds is 10. The maximum atomic E-state index is 12.9. The summed E-state index contributed by atoms with van der Waals surface area (Å²) in [6.45, 7) is 5.51. The van der Waals surface area contributed by atoms with E-state index in [1.165, 1.54) is 19.3 Å². The molecule has 0 atom stereocenters. The first-order valence-electron chi connectivity index (χ1n) is 10.6. The van der Waals surface area contributed by atoms with Crippen LogP contribution in [-0.2, 0) is 0 Å². The summed E-state index contributed by atoms with van der Waals surface area (Å²) >= 11 is 0. The van der Waals surface area contributed by atoms with Gasteiger partial charge in [0.2, 0.25) is 0 Å². The molecule has 152 valence electrons. The van der Waals surface area contributed by atoms with Gasteiger partial charge in [0.1, 0.15) is 5.75 Å². The quantitative estimate of drug-likeness (QED) is 0.432. The number of nitrogens with one attached hydrogen (secondary N) is 1. The van der Waals surface area contributed by atoms with Gasteiger partial charge >= 0.3 is 0 Å². The fourth-order valence-electron chi connectivity index (χ4n) is 3.43. The fourth-order valence-corrected chi connectivity index (χ4v) is 3.43. The van der Waals surface area contributed by atoms with Gasteiger partial charge in [0.15, 0.2) is 0 Å². The van der Waals surface area contributed by atoms with E-state index in [1.807, 2.05) is 61.5 Å². The minimum Gasteiger partial charge on any atom is -0.494 e. The van der Waals surface area contributed by atoms with Crippen LogP contribution >= 0.6 is 0 Å². The molecule has 0 aliphatic heterocycles. The lowest BCUT2D eigenvalue weighted by molar-refractivity contribution is 0.0954. The molecule has 0 aliphatic rings. The van der Waals surface area contributed by atoms with E-state index < -0.39 is 0 Å². The van der Waals surface area contributed by atoms with Crippen LogP contribution in [0.1, 0.15) is 56.3 Å². The van der Waals surface area contributed by atoms with E-state index in [4.69, 9.17) is 9.72 Å². The molecule has 29 heavy (non-hydrogen) atoms. The molecule has 0 spiro atoms. The molecular formula is C25H30N2O2. The average Bonchev–Trinajstić information content (AvgIpc) is 2.76. The lowest BCUT2D eigenvalue weighted by Gasteiger charge is -2.11. The van der Waals surface area contributed by atoms with Gasteiger partial charge in [-0.2, -0.15) is 0 Å². The van der Waals surface area contributed by atoms with Crippen molar-refractivity contribution in [2.75, 3.05) is 13.2 Å². The maximum Gasteiger partial charge on any atom is 0.252 e. The summed E-state index contributed by atoms with van der Waals surface area (Å²) in [5.74, 6) is 0.796. The molecule has 1 aromatic heterocycles. The highest BCUT2D eigenvalue weighted by molar-refractivity contribution is 6.07. The third-order valence-electron chi connectivity index (χ3n) is 4.99. The zero-order valence-corrected chi connectivity index (χ0v) is 17.4. The Morgan fingerprint density at radius 2 is 1.72 bits per heavy atom. The Morgan fingerprint density at radius 1 is 0.966 bits per heavy atom. The van der Waals surface area contributed by atoms with Crippen LogP contribution in [0.15, 0.2) is 54.6 Å². The number of hydrogen-bond donors (Lipinski definition) is 1. The number of hydrogen-bond acceptors (Lipinski definition) is 3. The first kappa shape index (κ1) is 20.8. The third-order valence-corrected chi connectivity index (χ3v) is 4.99. The fraction of sp³-hybridized carbons (Fsp3) is 0.360. The highest BCUT2D eigenvalue weighted by atomic mass is 16.5. The van der Waals surface area contributed by atoms with Gasteiger partial charge in [-0.05, 0) is 49.7 Å². The Balaban J connectivity index is 1.81. The van der Waals surface area contributed by atoms with E-state index in [2.05, 4.69) is 12.2 Å². The summed E-state index contributed by atoms with van der Waals surface area (Å²) in [7, 11) is 0. The molecule has 0 radical (unpaired) electrons. The minimum atomic E-state index is -0.0359. The van der Waals surface area contributed by atoms with Crippen LogP contribution in [0.2, 0.25) is 0 Å². The summed E-state index contributed by atoms with van der Waals surface area (Å²) in [6, 6.07) is 17.5. The topological polar surface area (TPSA) is 51.2 Å². The molecule has 1 amide bonds. The van der Waals surface area contributed by atoms with Gasteiger partial charge in [0.25, 0.3) is 5.91 Å². The molecule has 0 unspecified atom stereocenters.